The highest BCUT2D eigenvalue weighted by Crippen LogP contribution is 2.40. The van der Waals surface area contributed by atoms with Crippen LogP contribution in [0.3, 0.4) is 0 Å². The van der Waals surface area contributed by atoms with E-state index in [0.29, 0.717) is 22.2 Å². The monoisotopic (exact) mass is 426 g/mol. The number of rotatable bonds is 2. The molecule has 5 rings (SSSR count). The Balaban J connectivity index is 1.61. The number of carbonyl (C=O) groups is 1. The van der Waals surface area contributed by atoms with Crippen molar-refractivity contribution in [2.75, 3.05) is 11.9 Å². The summed E-state index contributed by atoms with van der Waals surface area (Å²) in [5.74, 6) is 0.845. The number of allylic oxidation sites excluding steroid dienone is 3. The van der Waals surface area contributed by atoms with E-state index in [1.54, 1.807) is 12.3 Å². The van der Waals surface area contributed by atoms with E-state index in [2.05, 4.69) is 22.6 Å². The fraction of sp³-hybridized carbons (Fsp3) is 0.273. The predicted molar refractivity (Wildman–Crippen MR) is 115 cm³/mol. The number of carbonyl (C=O) groups excluding carboxylic acids is 1. The number of hydrogen-bond donors (Lipinski definition) is 1. The molecule has 7 heteroatoms. The molecule has 29 heavy (non-hydrogen) atoms. The number of aromatic nitrogens is 2. The second-order valence-corrected chi connectivity index (χ2v) is 8.35. The molecule has 1 aromatic heterocycles. The average Bonchev–Trinajstić information content (AvgIpc) is 3.35. The molecular formula is C22H20Cl2N4O. The van der Waals surface area contributed by atoms with Crippen molar-refractivity contribution in [1.82, 2.24) is 14.7 Å². The lowest BCUT2D eigenvalue weighted by atomic mass is 9.94. The minimum atomic E-state index is -0.374. The van der Waals surface area contributed by atoms with Gasteiger partial charge in [-0.25, -0.2) is 4.68 Å². The molecule has 1 atom stereocenters. The van der Waals surface area contributed by atoms with Crippen LogP contribution in [0.25, 0.3) is 0 Å². The standard InChI is InChI=1S/C22H20Cl2N4O/c1-13-20(22(29)27-11-9-14-4-2-3-5-18(14)27)21(28-19(26-13)8-10-25-28)15-6-7-16(23)17(24)12-15/h3,5-8,10,12,21,26H,2,4,9,11H2,1H3. The topological polar surface area (TPSA) is 50.2 Å². The number of fused-ring (bicyclic) bond motifs is 1. The molecule has 0 saturated carbocycles. The van der Waals surface area contributed by atoms with Crippen LogP contribution in [0, 0.1) is 0 Å². The van der Waals surface area contributed by atoms with Crippen LogP contribution < -0.4 is 5.32 Å². The van der Waals surface area contributed by atoms with Crippen molar-refractivity contribution in [3.8, 4) is 0 Å². The van der Waals surface area contributed by atoms with E-state index in [0.717, 1.165) is 42.0 Å². The molecule has 5 nitrogen and oxygen atoms in total. The highest BCUT2D eigenvalue weighted by Gasteiger charge is 2.37. The van der Waals surface area contributed by atoms with Crippen LogP contribution >= 0.6 is 23.2 Å². The summed E-state index contributed by atoms with van der Waals surface area (Å²) >= 11 is 12.4. The Morgan fingerprint density at radius 1 is 1.21 bits per heavy atom. The zero-order valence-electron chi connectivity index (χ0n) is 16.0. The normalized spacial score (nSPS) is 20.7. The Morgan fingerprint density at radius 3 is 2.90 bits per heavy atom. The molecule has 0 saturated heterocycles. The number of anilines is 1. The molecule has 1 amide bonds. The number of nitrogens with one attached hydrogen (secondary N) is 1. The lowest BCUT2D eigenvalue weighted by Gasteiger charge is -2.32. The van der Waals surface area contributed by atoms with E-state index in [1.165, 1.54) is 5.57 Å². The molecule has 0 radical (unpaired) electrons. The molecule has 148 valence electrons. The van der Waals surface area contributed by atoms with Crippen LogP contribution in [-0.4, -0.2) is 27.1 Å². The first kappa shape index (κ1) is 18.5. The van der Waals surface area contributed by atoms with E-state index in [4.69, 9.17) is 23.2 Å². The van der Waals surface area contributed by atoms with Crippen LogP contribution in [0.4, 0.5) is 5.82 Å². The summed E-state index contributed by atoms with van der Waals surface area (Å²) in [7, 11) is 0. The summed E-state index contributed by atoms with van der Waals surface area (Å²) in [5.41, 5.74) is 4.80. The summed E-state index contributed by atoms with van der Waals surface area (Å²) in [4.78, 5) is 15.7. The maximum absolute atomic E-state index is 13.8. The number of nitrogens with zero attached hydrogens (tertiary/aromatic N) is 3. The fourth-order valence-electron chi connectivity index (χ4n) is 4.43. The third-order valence-electron chi connectivity index (χ3n) is 5.82. The largest absolute Gasteiger partial charge is 0.344 e. The predicted octanol–water partition coefficient (Wildman–Crippen LogP) is 5.32. The first-order valence-corrected chi connectivity index (χ1v) is 10.5. The maximum Gasteiger partial charge on any atom is 0.258 e. The summed E-state index contributed by atoms with van der Waals surface area (Å²) in [6, 6.07) is 7.02. The minimum absolute atomic E-state index is 0.00349. The minimum Gasteiger partial charge on any atom is -0.344 e. The Bertz CT molecular complexity index is 1110. The highest BCUT2D eigenvalue weighted by atomic mass is 35.5. The summed E-state index contributed by atoms with van der Waals surface area (Å²) in [6.45, 7) is 2.65. The number of halogens is 2. The number of amides is 1. The lowest BCUT2D eigenvalue weighted by molar-refractivity contribution is -0.125. The van der Waals surface area contributed by atoms with Crippen molar-refractivity contribution in [2.24, 2.45) is 0 Å². The van der Waals surface area contributed by atoms with Gasteiger partial charge in [-0.2, -0.15) is 5.10 Å². The highest BCUT2D eigenvalue weighted by molar-refractivity contribution is 6.42. The quantitative estimate of drug-likeness (QED) is 0.706. The van der Waals surface area contributed by atoms with E-state index < -0.39 is 0 Å². The fourth-order valence-corrected chi connectivity index (χ4v) is 4.74. The first-order chi connectivity index (χ1) is 14.0. The van der Waals surface area contributed by atoms with Gasteiger partial charge in [0, 0.05) is 24.0 Å². The van der Waals surface area contributed by atoms with Crippen LogP contribution in [0.2, 0.25) is 10.0 Å². The average molecular weight is 427 g/mol. The molecule has 0 spiro atoms. The Kier molecular flexibility index (Phi) is 4.52. The van der Waals surface area contributed by atoms with Crippen molar-refractivity contribution in [3.05, 3.63) is 80.8 Å². The van der Waals surface area contributed by atoms with Gasteiger partial charge < -0.3 is 10.2 Å². The van der Waals surface area contributed by atoms with Gasteiger partial charge in [0.25, 0.3) is 5.91 Å². The van der Waals surface area contributed by atoms with E-state index >= 15 is 0 Å². The van der Waals surface area contributed by atoms with Gasteiger partial charge in [0.05, 0.1) is 21.8 Å². The van der Waals surface area contributed by atoms with Gasteiger partial charge in [0.2, 0.25) is 0 Å². The molecule has 1 aromatic carbocycles. The Labute approximate surface area is 179 Å². The van der Waals surface area contributed by atoms with Crippen molar-refractivity contribution < 1.29 is 4.79 Å². The summed E-state index contributed by atoms with van der Waals surface area (Å²) < 4.78 is 1.84. The molecule has 1 unspecified atom stereocenters. The van der Waals surface area contributed by atoms with E-state index in [1.807, 2.05) is 34.7 Å². The van der Waals surface area contributed by atoms with Crippen molar-refractivity contribution in [3.63, 3.8) is 0 Å². The van der Waals surface area contributed by atoms with Crippen molar-refractivity contribution in [1.29, 1.82) is 0 Å². The van der Waals surface area contributed by atoms with Crippen LogP contribution in [-0.2, 0) is 4.79 Å². The van der Waals surface area contributed by atoms with Crippen LogP contribution in [0.15, 0.2) is 65.2 Å². The van der Waals surface area contributed by atoms with Crippen molar-refractivity contribution >= 4 is 34.9 Å². The summed E-state index contributed by atoms with van der Waals surface area (Å²) in [5, 5.41) is 8.77. The van der Waals surface area contributed by atoms with Crippen LogP contribution in [0.5, 0.6) is 0 Å². The van der Waals surface area contributed by atoms with Gasteiger partial charge >= 0.3 is 0 Å². The Morgan fingerprint density at radius 2 is 2.07 bits per heavy atom. The zero-order chi connectivity index (χ0) is 20.1. The van der Waals surface area contributed by atoms with Gasteiger partial charge in [0.1, 0.15) is 11.9 Å². The molecule has 0 fully saturated rings. The zero-order valence-corrected chi connectivity index (χ0v) is 17.5. The van der Waals surface area contributed by atoms with Gasteiger partial charge in [-0.1, -0.05) is 35.3 Å². The smallest absolute Gasteiger partial charge is 0.258 e. The molecule has 1 N–H and O–H groups in total. The molecule has 2 aromatic rings. The third-order valence-corrected chi connectivity index (χ3v) is 6.56. The molecule has 0 bridgehead atoms. The van der Waals surface area contributed by atoms with Crippen LogP contribution in [0.1, 0.15) is 37.8 Å². The second-order valence-electron chi connectivity index (χ2n) is 7.54. The third kappa shape index (κ3) is 3.00. The molecule has 2 aliphatic heterocycles. The lowest BCUT2D eigenvalue weighted by Crippen LogP contribution is -2.36. The first-order valence-electron chi connectivity index (χ1n) is 9.71. The van der Waals surface area contributed by atoms with Gasteiger partial charge in [-0.05, 0) is 55.5 Å². The van der Waals surface area contributed by atoms with Gasteiger partial charge in [0.15, 0.2) is 0 Å². The van der Waals surface area contributed by atoms with Gasteiger partial charge in [-0.15, -0.1) is 0 Å². The summed E-state index contributed by atoms with van der Waals surface area (Å²) in [6.07, 6.45) is 8.98. The molecular weight excluding hydrogens is 407 g/mol. The molecule has 3 heterocycles. The number of benzene rings is 1. The SMILES string of the molecule is CC1=C(C(=O)N2CCC3=C2C=CCC3)C(c2ccc(Cl)c(Cl)c2)n2nccc2N1. The van der Waals surface area contributed by atoms with Gasteiger partial charge in [-0.3, -0.25) is 4.79 Å². The second kappa shape index (κ2) is 7.08. The molecule has 1 aliphatic carbocycles. The molecule has 3 aliphatic rings. The van der Waals surface area contributed by atoms with E-state index in [9.17, 15) is 4.79 Å². The maximum atomic E-state index is 13.8. The number of hydrogen-bond acceptors (Lipinski definition) is 3. The van der Waals surface area contributed by atoms with Crippen molar-refractivity contribution in [2.45, 2.75) is 32.2 Å². The Hall–Kier alpha value is -2.50. The van der Waals surface area contributed by atoms with E-state index in [-0.39, 0.29) is 11.9 Å².